The van der Waals surface area contributed by atoms with E-state index >= 15 is 0 Å². The van der Waals surface area contributed by atoms with Gasteiger partial charge in [0.1, 0.15) is 0 Å². The van der Waals surface area contributed by atoms with Crippen LogP contribution in [0.25, 0.3) is 0 Å². The Bertz CT molecular complexity index is 450. The fraction of sp³-hybridized carbons (Fsp3) is 0.600. The molecule has 1 heterocycles. The van der Waals surface area contributed by atoms with Crippen LogP contribution in [0.5, 0.6) is 0 Å². The smallest absolute Gasteiger partial charge is 0.160 e. The molecule has 20 heavy (non-hydrogen) atoms. The minimum Gasteiger partial charge on any atom is -0.378 e. The van der Waals surface area contributed by atoms with Gasteiger partial charge in [-0.3, -0.25) is 0 Å². The molecule has 1 aromatic rings. The Morgan fingerprint density at radius 1 is 1.40 bits per heavy atom. The molecule has 112 valence electrons. The first kappa shape index (κ1) is 15.7. The molecule has 0 aromatic heterocycles. The molecule has 0 spiro atoms. The van der Waals surface area contributed by atoms with Crippen LogP contribution < -0.4 is 5.32 Å². The summed E-state index contributed by atoms with van der Waals surface area (Å²) < 4.78 is 32.3. The van der Waals surface area contributed by atoms with E-state index in [1.54, 1.807) is 0 Å². The summed E-state index contributed by atoms with van der Waals surface area (Å²) in [4.78, 5) is 0. The summed E-state index contributed by atoms with van der Waals surface area (Å²) in [6.07, 6.45) is 3.91. The molecular formula is C15H20ClF2NO. The average Bonchev–Trinajstić information content (AvgIpc) is 2.92. The Hall–Kier alpha value is -0.710. The van der Waals surface area contributed by atoms with E-state index in [0.29, 0.717) is 5.56 Å². The highest BCUT2D eigenvalue weighted by molar-refractivity contribution is 6.31. The number of rotatable bonds is 6. The molecule has 1 saturated heterocycles. The lowest BCUT2D eigenvalue weighted by molar-refractivity contribution is 0.0945. The minimum atomic E-state index is -0.912. The number of ether oxygens (including phenoxy) is 1. The van der Waals surface area contributed by atoms with Gasteiger partial charge in [0.05, 0.1) is 6.10 Å². The molecule has 0 radical (unpaired) electrons. The zero-order chi connectivity index (χ0) is 14.5. The molecule has 0 aliphatic carbocycles. The summed E-state index contributed by atoms with van der Waals surface area (Å²) in [5, 5.41) is 3.61. The quantitative estimate of drug-likeness (QED) is 0.794. The Labute approximate surface area is 123 Å². The first-order valence-corrected chi connectivity index (χ1v) is 7.49. The van der Waals surface area contributed by atoms with Crippen LogP contribution in [0, 0.1) is 11.6 Å². The van der Waals surface area contributed by atoms with Crippen molar-refractivity contribution in [2.24, 2.45) is 0 Å². The van der Waals surface area contributed by atoms with Crippen LogP contribution in [0.4, 0.5) is 8.78 Å². The Morgan fingerprint density at radius 2 is 2.15 bits per heavy atom. The van der Waals surface area contributed by atoms with Crippen molar-refractivity contribution in [1.82, 2.24) is 5.32 Å². The van der Waals surface area contributed by atoms with E-state index in [-0.39, 0.29) is 17.2 Å². The van der Waals surface area contributed by atoms with Crippen molar-refractivity contribution < 1.29 is 13.5 Å². The summed E-state index contributed by atoms with van der Waals surface area (Å²) in [6, 6.07) is 2.13. The molecule has 5 heteroatoms. The molecule has 2 rings (SSSR count). The Balaban J connectivity index is 2.18. The Morgan fingerprint density at radius 3 is 2.80 bits per heavy atom. The summed E-state index contributed by atoms with van der Waals surface area (Å²) in [7, 11) is 0. The van der Waals surface area contributed by atoms with E-state index in [9.17, 15) is 8.78 Å². The topological polar surface area (TPSA) is 21.3 Å². The van der Waals surface area contributed by atoms with Crippen LogP contribution in [0.3, 0.4) is 0 Å². The average molecular weight is 304 g/mol. The van der Waals surface area contributed by atoms with Crippen molar-refractivity contribution in [3.05, 3.63) is 34.4 Å². The molecule has 0 bridgehead atoms. The maximum absolute atomic E-state index is 13.5. The monoisotopic (exact) mass is 303 g/mol. The minimum absolute atomic E-state index is 0.111. The van der Waals surface area contributed by atoms with Crippen molar-refractivity contribution in [3.8, 4) is 0 Å². The Kier molecular flexibility index (Phi) is 5.75. The van der Waals surface area contributed by atoms with E-state index < -0.39 is 11.6 Å². The number of nitrogens with one attached hydrogen (secondary N) is 1. The van der Waals surface area contributed by atoms with E-state index in [1.165, 1.54) is 6.07 Å². The molecule has 2 nitrogen and oxygen atoms in total. The second kappa shape index (κ2) is 7.34. The van der Waals surface area contributed by atoms with Gasteiger partial charge in [0.2, 0.25) is 0 Å². The number of halogens is 3. The van der Waals surface area contributed by atoms with Crippen LogP contribution >= 0.6 is 11.6 Å². The number of benzene rings is 1. The molecule has 0 saturated carbocycles. The molecule has 2 unspecified atom stereocenters. The normalized spacial score (nSPS) is 20.3. The lowest BCUT2D eigenvalue weighted by Gasteiger charge is -2.23. The van der Waals surface area contributed by atoms with Gasteiger partial charge in [-0.1, -0.05) is 18.5 Å². The standard InChI is InChI=1S/C15H20ClF2NO/c1-2-5-19-15(7-10-4-3-6-20-10)11-8-13(17)14(18)9-12(11)16/h8-10,15,19H,2-7H2,1H3. The summed E-state index contributed by atoms with van der Waals surface area (Å²) in [5.74, 6) is -1.77. The molecule has 1 aromatic carbocycles. The lowest BCUT2D eigenvalue weighted by atomic mass is 9.98. The maximum Gasteiger partial charge on any atom is 0.160 e. The van der Waals surface area contributed by atoms with E-state index in [2.05, 4.69) is 12.2 Å². The highest BCUT2D eigenvalue weighted by atomic mass is 35.5. The van der Waals surface area contributed by atoms with Crippen molar-refractivity contribution in [3.63, 3.8) is 0 Å². The highest BCUT2D eigenvalue weighted by Crippen LogP contribution is 2.31. The molecule has 0 amide bonds. The second-order valence-corrected chi connectivity index (χ2v) is 5.57. The van der Waals surface area contributed by atoms with Gasteiger partial charge in [-0.2, -0.15) is 0 Å². The van der Waals surface area contributed by atoms with Crippen molar-refractivity contribution >= 4 is 11.6 Å². The molecule has 2 atom stereocenters. The predicted octanol–water partition coefficient (Wildman–Crippen LogP) is 4.23. The molecular weight excluding hydrogens is 284 g/mol. The van der Waals surface area contributed by atoms with Gasteiger partial charge in [-0.25, -0.2) is 8.78 Å². The van der Waals surface area contributed by atoms with Gasteiger partial charge in [0.25, 0.3) is 0 Å². The van der Waals surface area contributed by atoms with Crippen molar-refractivity contribution in [1.29, 1.82) is 0 Å². The van der Waals surface area contributed by atoms with E-state index in [0.717, 1.165) is 44.9 Å². The van der Waals surface area contributed by atoms with Crippen LogP contribution in [0.2, 0.25) is 5.02 Å². The molecule has 1 aliphatic rings. The van der Waals surface area contributed by atoms with E-state index in [4.69, 9.17) is 16.3 Å². The van der Waals surface area contributed by atoms with Crippen LogP contribution in [0.15, 0.2) is 12.1 Å². The van der Waals surface area contributed by atoms with Gasteiger partial charge < -0.3 is 10.1 Å². The third-order valence-corrected chi connectivity index (χ3v) is 3.91. The summed E-state index contributed by atoms with van der Waals surface area (Å²) in [5.41, 5.74) is 0.606. The van der Waals surface area contributed by atoms with Crippen LogP contribution in [0.1, 0.15) is 44.2 Å². The van der Waals surface area contributed by atoms with Gasteiger partial charge >= 0.3 is 0 Å². The zero-order valence-corrected chi connectivity index (χ0v) is 12.4. The first-order valence-electron chi connectivity index (χ1n) is 7.11. The number of hydrogen-bond donors (Lipinski definition) is 1. The third-order valence-electron chi connectivity index (χ3n) is 3.58. The fourth-order valence-electron chi connectivity index (χ4n) is 2.54. The summed E-state index contributed by atoms with van der Waals surface area (Å²) in [6.45, 7) is 3.63. The zero-order valence-electron chi connectivity index (χ0n) is 11.6. The number of hydrogen-bond acceptors (Lipinski definition) is 2. The van der Waals surface area contributed by atoms with Crippen LogP contribution in [-0.4, -0.2) is 19.3 Å². The lowest BCUT2D eigenvalue weighted by Crippen LogP contribution is -2.26. The SMILES string of the molecule is CCCNC(CC1CCCO1)c1cc(F)c(F)cc1Cl. The highest BCUT2D eigenvalue weighted by Gasteiger charge is 2.24. The van der Waals surface area contributed by atoms with Gasteiger partial charge in [0.15, 0.2) is 11.6 Å². The van der Waals surface area contributed by atoms with Gasteiger partial charge in [0, 0.05) is 17.7 Å². The fourth-order valence-corrected chi connectivity index (χ4v) is 2.82. The van der Waals surface area contributed by atoms with Crippen LogP contribution in [-0.2, 0) is 4.74 Å². The van der Waals surface area contributed by atoms with E-state index in [1.807, 2.05) is 0 Å². The van der Waals surface area contributed by atoms with Gasteiger partial charge in [-0.15, -0.1) is 0 Å². The second-order valence-electron chi connectivity index (χ2n) is 5.17. The van der Waals surface area contributed by atoms with Crippen molar-refractivity contribution in [2.75, 3.05) is 13.2 Å². The van der Waals surface area contributed by atoms with Gasteiger partial charge in [-0.05, 0) is 49.9 Å². The maximum atomic E-state index is 13.5. The molecule has 1 aliphatic heterocycles. The predicted molar refractivity (Wildman–Crippen MR) is 76.0 cm³/mol. The van der Waals surface area contributed by atoms with Crippen molar-refractivity contribution in [2.45, 2.75) is 44.8 Å². The first-order chi connectivity index (χ1) is 9.61. The summed E-state index contributed by atoms with van der Waals surface area (Å²) >= 11 is 6.07. The third kappa shape index (κ3) is 3.90. The molecule has 1 fully saturated rings. The molecule has 1 N–H and O–H groups in total. The largest absolute Gasteiger partial charge is 0.378 e.